The Morgan fingerprint density at radius 1 is 1.15 bits per heavy atom. The van der Waals surface area contributed by atoms with Crippen LogP contribution in [0.1, 0.15) is 5.56 Å². The standard InChI is InChI=1S/C14H13N3O3/c1-20-10-4-2-9(3-5-10)8-17-11-6-7-15-12(11)13(18)16-14(17)19/h2-7,15H,8H2,1H3,(H,16,18,19). The van der Waals surface area contributed by atoms with Crippen molar-refractivity contribution in [2.75, 3.05) is 7.11 Å². The Balaban J connectivity index is 2.08. The Morgan fingerprint density at radius 2 is 1.90 bits per heavy atom. The highest BCUT2D eigenvalue weighted by Crippen LogP contribution is 2.13. The third kappa shape index (κ3) is 2.01. The quantitative estimate of drug-likeness (QED) is 0.748. The molecule has 0 spiro atoms. The molecule has 3 rings (SSSR count). The summed E-state index contributed by atoms with van der Waals surface area (Å²) in [4.78, 5) is 28.7. The summed E-state index contributed by atoms with van der Waals surface area (Å²) in [6.45, 7) is 0.383. The van der Waals surface area contributed by atoms with E-state index in [4.69, 9.17) is 4.74 Å². The maximum Gasteiger partial charge on any atom is 0.329 e. The van der Waals surface area contributed by atoms with Crippen molar-refractivity contribution >= 4 is 11.0 Å². The lowest BCUT2D eigenvalue weighted by molar-refractivity contribution is 0.414. The predicted molar refractivity (Wildman–Crippen MR) is 75.3 cm³/mol. The second-order valence-corrected chi connectivity index (χ2v) is 4.43. The first-order valence-electron chi connectivity index (χ1n) is 6.12. The van der Waals surface area contributed by atoms with Crippen LogP contribution in [0, 0.1) is 0 Å². The molecule has 0 atom stereocenters. The van der Waals surface area contributed by atoms with E-state index in [0.717, 1.165) is 11.3 Å². The van der Waals surface area contributed by atoms with Crippen LogP contribution in [-0.2, 0) is 6.54 Å². The van der Waals surface area contributed by atoms with E-state index in [1.54, 1.807) is 19.4 Å². The molecule has 20 heavy (non-hydrogen) atoms. The first kappa shape index (κ1) is 12.3. The smallest absolute Gasteiger partial charge is 0.329 e. The van der Waals surface area contributed by atoms with Gasteiger partial charge in [0, 0.05) is 6.20 Å². The number of nitrogens with zero attached hydrogens (tertiary/aromatic N) is 1. The van der Waals surface area contributed by atoms with Gasteiger partial charge in [0.25, 0.3) is 5.56 Å². The number of benzene rings is 1. The van der Waals surface area contributed by atoms with Crippen molar-refractivity contribution in [2.24, 2.45) is 0 Å². The molecule has 3 aromatic rings. The molecule has 0 unspecified atom stereocenters. The SMILES string of the molecule is COc1ccc(Cn2c(=O)[nH]c(=O)c3[nH]ccc32)cc1. The summed E-state index contributed by atoms with van der Waals surface area (Å²) in [6.07, 6.45) is 1.64. The number of hydrogen-bond donors (Lipinski definition) is 2. The minimum absolute atomic E-state index is 0.383. The molecule has 0 aliphatic carbocycles. The third-order valence-electron chi connectivity index (χ3n) is 3.21. The van der Waals surface area contributed by atoms with Crippen molar-refractivity contribution in [3.8, 4) is 5.75 Å². The van der Waals surface area contributed by atoms with Crippen molar-refractivity contribution < 1.29 is 4.74 Å². The van der Waals surface area contributed by atoms with Crippen LogP contribution in [0.25, 0.3) is 11.0 Å². The molecule has 1 aromatic carbocycles. The van der Waals surface area contributed by atoms with Gasteiger partial charge in [-0.3, -0.25) is 14.3 Å². The molecule has 2 heterocycles. The van der Waals surface area contributed by atoms with Crippen LogP contribution in [0.2, 0.25) is 0 Å². The zero-order chi connectivity index (χ0) is 14.1. The molecule has 0 saturated carbocycles. The molecule has 0 amide bonds. The van der Waals surface area contributed by atoms with Crippen LogP contribution in [0.5, 0.6) is 5.75 Å². The minimum atomic E-state index is -0.419. The van der Waals surface area contributed by atoms with E-state index in [1.807, 2.05) is 24.3 Å². The molecule has 6 nitrogen and oxygen atoms in total. The van der Waals surface area contributed by atoms with Crippen molar-refractivity contribution in [3.05, 3.63) is 62.9 Å². The Hall–Kier alpha value is -2.76. The maximum atomic E-state index is 11.9. The molecule has 2 aromatic heterocycles. The van der Waals surface area contributed by atoms with E-state index in [1.165, 1.54) is 4.57 Å². The number of rotatable bonds is 3. The van der Waals surface area contributed by atoms with Crippen LogP contribution in [0.15, 0.2) is 46.1 Å². The van der Waals surface area contributed by atoms with Gasteiger partial charge in [-0.25, -0.2) is 4.79 Å². The molecule has 102 valence electrons. The number of H-pyrrole nitrogens is 2. The molecule has 0 saturated heterocycles. The Kier molecular flexibility index (Phi) is 2.90. The fraction of sp³-hybridized carbons (Fsp3) is 0.143. The van der Waals surface area contributed by atoms with Gasteiger partial charge in [-0.1, -0.05) is 12.1 Å². The van der Waals surface area contributed by atoms with Crippen molar-refractivity contribution in [2.45, 2.75) is 6.54 Å². The average Bonchev–Trinajstić information content (AvgIpc) is 2.94. The van der Waals surface area contributed by atoms with Crippen molar-refractivity contribution in [1.29, 1.82) is 0 Å². The summed E-state index contributed by atoms with van der Waals surface area (Å²) in [5, 5.41) is 0. The van der Waals surface area contributed by atoms with Gasteiger partial charge in [0.2, 0.25) is 0 Å². The second-order valence-electron chi connectivity index (χ2n) is 4.43. The van der Waals surface area contributed by atoms with Crippen LogP contribution in [0.3, 0.4) is 0 Å². The monoisotopic (exact) mass is 271 g/mol. The van der Waals surface area contributed by atoms with Crippen LogP contribution in [-0.4, -0.2) is 21.6 Å². The maximum absolute atomic E-state index is 11.9. The van der Waals surface area contributed by atoms with E-state index in [-0.39, 0.29) is 0 Å². The van der Waals surface area contributed by atoms with E-state index >= 15 is 0 Å². The number of methoxy groups -OCH3 is 1. The lowest BCUT2D eigenvalue weighted by Gasteiger charge is -2.07. The number of nitrogens with one attached hydrogen (secondary N) is 2. The zero-order valence-electron chi connectivity index (χ0n) is 10.8. The highest BCUT2D eigenvalue weighted by molar-refractivity contribution is 5.74. The predicted octanol–water partition coefficient (Wildman–Crippen LogP) is 1.07. The summed E-state index contributed by atoms with van der Waals surface area (Å²) in [6, 6.07) is 9.15. The molecule has 2 N–H and O–H groups in total. The summed E-state index contributed by atoms with van der Waals surface area (Å²) >= 11 is 0. The molecule has 0 aliphatic heterocycles. The van der Waals surface area contributed by atoms with Gasteiger partial charge < -0.3 is 9.72 Å². The highest BCUT2D eigenvalue weighted by Gasteiger charge is 2.08. The van der Waals surface area contributed by atoms with Crippen molar-refractivity contribution in [3.63, 3.8) is 0 Å². The van der Waals surface area contributed by atoms with Gasteiger partial charge >= 0.3 is 5.69 Å². The highest BCUT2D eigenvalue weighted by atomic mass is 16.5. The van der Waals surface area contributed by atoms with E-state index < -0.39 is 11.2 Å². The normalized spacial score (nSPS) is 10.8. The number of ether oxygens (including phenoxy) is 1. The first-order valence-corrected chi connectivity index (χ1v) is 6.12. The molecular formula is C14H13N3O3. The molecule has 0 fully saturated rings. The lowest BCUT2D eigenvalue weighted by Crippen LogP contribution is -2.30. The van der Waals surface area contributed by atoms with Gasteiger partial charge in [0.05, 0.1) is 19.2 Å². The lowest BCUT2D eigenvalue weighted by atomic mass is 10.2. The van der Waals surface area contributed by atoms with Crippen molar-refractivity contribution in [1.82, 2.24) is 14.5 Å². The molecule has 6 heteroatoms. The van der Waals surface area contributed by atoms with Gasteiger partial charge in [-0.05, 0) is 23.8 Å². The fourth-order valence-corrected chi connectivity index (χ4v) is 2.18. The average molecular weight is 271 g/mol. The summed E-state index contributed by atoms with van der Waals surface area (Å²) in [5.74, 6) is 0.759. The number of aromatic amines is 2. The minimum Gasteiger partial charge on any atom is -0.497 e. The number of fused-ring (bicyclic) bond motifs is 1. The summed E-state index contributed by atoms with van der Waals surface area (Å²) in [7, 11) is 1.60. The van der Waals surface area contributed by atoms with Crippen LogP contribution >= 0.6 is 0 Å². The Labute approximate surface area is 113 Å². The second kappa shape index (κ2) is 4.73. The molecular weight excluding hydrogens is 258 g/mol. The molecule has 0 bridgehead atoms. The van der Waals surface area contributed by atoms with E-state index in [2.05, 4.69) is 9.97 Å². The third-order valence-corrected chi connectivity index (χ3v) is 3.21. The topological polar surface area (TPSA) is 79.9 Å². The Bertz CT molecular complexity index is 856. The first-order chi connectivity index (χ1) is 9.69. The number of aromatic nitrogens is 3. The zero-order valence-corrected chi connectivity index (χ0v) is 10.8. The Morgan fingerprint density at radius 3 is 2.60 bits per heavy atom. The molecule has 0 aliphatic rings. The largest absolute Gasteiger partial charge is 0.497 e. The van der Waals surface area contributed by atoms with Gasteiger partial charge in [-0.2, -0.15) is 0 Å². The van der Waals surface area contributed by atoms with Crippen LogP contribution < -0.4 is 16.0 Å². The van der Waals surface area contributed by atoms with Crippen LogP contribution in [0.4, 0.5) is 0 Å². The number of hydrogen-bond acceptors (Lipinski definition) is 3. The summed E-state index contributed by atoms with van der Waals surface area (Å²) in [5.41, 5.74) is 1.12. The van der Waals surface area contributed by atoms with E-state index in [0.29, 0.717) is 17.6 Å². The van der Waals surface area contributed by atoms with E-state index in [9.17, 15) is 9.59 Å². The fourth-order valence-electron chi connectivity index (χ4n) is 2.18. The molecule has 0 radical (unpaired) electrons. The van der Waals surface area contributed by atoms with Gasteiger partial charge in [0.1, 0.15) is 11.3 Å². The van der Waals surface area contributed by atoms with Gasteiger partial charge in [0.15, 0.2) is 0 Å². The summed E-state index contributed by atoms with van der Waals surface area (Å²) < 4.78 is 6.62. The van der Waals surface area contributed by atoms with Gasteiger partial charge in [-0.15, -0.1) is 0 Å².